The van der Waals surface area contributed by atoms with E-state index in [0.717, 1.165) is 12.1 Å². The first kappa shape index (κ1) is 13.2. The minimum absolute atomic E-state index is 0.159. The van der Waals surface area contributed by atoms with Gasteiger partial charge in [-0.15, -0.1) is 0 Å². The number of hydrogen-bond donors (Lipinski definition) is 0. The Balaban J connectivity index is 3.04. The molecule has 0 amide bonds. The summed E-state index contributed by atoms with van der Waals surface area (Å²) in [5.41, 5.74) is 0.668. The second-order valence-corrected chi connectivity index (χ2v) is 3.55. The molecule has 0 aliphatic rings. The summed E-state index contributed by atoms with van der Waals surface area (Å²) in [6.45, 7) is 4.41. The molecule has 0 N–H and O–H groups in total. The van der Waals surface area contributed by atoms with Crippen LogP contribution in [0.25, 0.3) is 0 Å². The number of nitrogens with zero attached hydrogens (tertiary/aromatic N) is 2. The summed E-state index contributed by atoms with van der Waals surface area (Å²) in [6, 6.07) is 3.19. The second-order valence-electron chi connectivity index (χ2n) is 3.55. The molecule has 0 saturated carbocycles. The van der Waals surface area contributed by atoms with Gasteiger partial charge in [-0.2, -0.15) is 10.2 Å². The summed E-state index contributed by atoms with van der Waals surface area (Å²) in [5, 5.41) is 7.39. The quantitative estimate of drug-likeness (QED) is 0.589. The van der Waals surface area contributed by atoms with Crippen molar-refractivity contribution >= 4 is 17.2 Å². The standard InChI is InChI=1S/C12H12F2N2O/c1-7(9(3)17)15-16-8(2)11-5-4-10(13)6-12(11)14/h4-6H,1-3H3/b15-7+,16-8+. The summed E-state index contributed by atoms with van der Waals surface area (Å²) in [5.74, 6) is -1.56. The van der Waals surface area contributed by atoms with Crippen LogP contribution in [0.1, 0.15) is 26.3 Å². The van der Waals surface area contributed by atoms with Crippen molar-refractivity contribution in [2.75, 3.05) is 0 Å². The summed E-state index contributed by atoms with van der Waals surface area (Å²) >= 11 is 0. The Morgan fingerprint density at radius 3 is 2.29 bits per heavy atom. The smallest absolute Gasteiger partial charge is 0.175 e. The van der Waals surface area contributed by atoms with Gasteiger partial charge in [0.2, 0.25) is 0 Å². The number of halogens is 2. The fourth-order valence-corrected chi connectivity index (χ4v) is 1.06. The second kappa shape index (κ2) is 5.43. The molecule has 0 spiro atoms. The lowest BCUT2D eigenvalue weighted by atomic mass is 10.1. The molecule has 0 heterocycles. The summed E-state index contributed by atoms with van der Waals surface area (Å²) in [6.07, 6.45) is 0. The Kier molecular flexibility index (Phi) is 4.20. The highest BCUT2D eigenvalue weighted by atomic mass is 19.1. The topological polar surface area (TPSA) is 41.8 Å². The van der Waals surface area contributed by atoms with Gasteiger partial charge < -0.3 is 0 Å². The van der Waals surface area contributed by atoms with E-state index in [1.54, 1.807) is 0 Å². The van der Waals surface area contributed by atoms with Crippen LogP contribution < -0.4 is 0 Å². The highest BCUT2D eigenvalue weighted by Gasteiger charge is 2.06. The van der Waals surface area contributed by atoms with Crippen LogP contribution in [0.15, 0.2) is 28.4 Å². The zero-order valence-electron chi connectivity index (χ0n) is 9.79. The minimum Gasteiger partial charge on any atom is -0.293 e. The number of carbonyl (C=O) groups is 1. The van der Waals surface area contributed by atoms with E-state index < -0.39 is 11.6 Å². The van der Waals surface area contributed by atoms with E-state index in [1.165, 1.54) is 26.8 Å². The first-order valence-corrected chi connectivity index (χ1v) is 4.97. The van der Waals surface area contributed by atoms with Gasteiger partial charge in [0.15, 0.2) is 5.78 Å². The zero-order chi connectivity index (χ0) is 13.0. The van der Waals surface area contributed by atoms with Gasteiger partial charge in [0.25, 0.3) is 0 Å². The van der Waals surface area contributed by atoms with Crippen molar-refractivity contribution < 1.29 is 13.6 Å². The van der Waals surface area contributed by atoms with E-state index in [9.17, 15) is 13.6 Å². The number of ketones is 1. The molecule has 0 atom stereocenters. The third-order valence-electron chi connectivity index (χ3n) is 2.18. The van der Waals surface area contributed by atoms with Crippen LogP contribution in [-0.2, 0) is 4.79 Å². The Morgan fingerprint density at radius 2 is 1.76 bits per heavy atom. The molecule has 0 aliphatic heterocycles. The van der Waals surface area contributed by atoms with Crippen molar-refractivity contribution in [2.45, 2.75) is 20.8 Å². The maximum Gasteiger partial charge on any atom is 0.175 e. The van der Waals surface area contributed by atoms with Crippen molar-refractivity contribution in [1.82, 2.24) is 0 Å². The lowest BCUT2D eigenvalue weighted by Crippen LogP contribution is -2.04. The number of benzene rings is 1. The molecule has 1 rings (SSSR count). The molecule has 17 heavy (non-hydrogen) atoms. The van der Waals surface area contributed by atoms with E-state index in [0.29, 0.717) is 0 Å². The maximum atomic E-state index is 13.3. The van der Waals surface area contributed by atoms with Crippen molar-refractivity contribution in [3.8, 4) is 0 Å². The molecule has 1 aromatic rings. The van der Waals surface area contributed by atoms with Gasteiger partial charge in [-0.05, 0) is 26.0 Å². The lowest BCUT2D eigenvalue weighted by Gasteiger charge is -2.01. The van der Waals surface area contributed by atoms with E-state index in [2.05, 4.69) is 10.2 Å². The monoisotopic (exact) mass is 238 g/mol. The van der Waals surface area contributed by atoms with Gasteiger partial charge in [0, 0.05) is 18.6 Å². The predicted octanol–water partition coefficient (Wildman–Crippen LogP) is 2.74. The van der Waals surface area contributed by atoms with E-state index in [4.69, 9.17) is 0 Å². The fraction of sp³-hybridized carbons (Fsp3) is 0.250. The van der Waals surface area contributed by atoms with Crippen LogP contribution in [0, 0.1) is 11.6 Å². The largest absolute Gasteiger partial charge is 0.293 e. The van der Waals surface area contributed by atoms with E-state index >= 15 is 0 Å². The molecule has 1 aromatic carbocycles. The average molecular weight is 238 g/mol. The van der Waals surface area contributed by atoms with Gasteiger partial charge in [0.1, 0.15) is 17.3 Å². The number of hydrogen-bond acceptors (Lipinski definition) is 3. The van der Waals surface area contributed by atoms with Crippen LogP contribution in [-0.4, -0.2) is 17.2 Å². The molecule has 0 radical (unpaired) electrons. The first-order chi connectivity index (χ1) is 7.91. The molecular formula is C12H12F2N2O. The van der Waals surface area contributed by atoms with Gasteiger partial charge >= 0.3 is 0 Å². The molecule has 0 saturated heterocycles. The molecule has 0 bridgehead atoms. The van der Waals surface area contributed by atoms with Crippen LogP contribution >= 0.6 is 0 Å². The number of carbonyl (C=O) groups excluding carboxylic acids is 1. The highest BCUT2D eigenvalue weighted by Crippen LogP contribution is 2.10. The average Bonchev–Trinajstić information content (AvgIpc) is 2.25. The molecule has 90 valence electrons. The van der Waals surface area contributed by atoms with Crippen molar-refractivity contribution in [3.63, 3.8) is 0 Å². The van der Waals surface area contributed by atoms with Gasteiger partial charge in [-0.1, -0.05) is 0 Å². The maximum absolute atomic E-state index is 13.3. The third-order valence-corrected chi connectivity index (χ3v) is 2.18. The summed E-state index contributed by atoms with van der Waals surface area (Å²) in [7, 11) is 0. The predicted molar refractivity (Wildman–Crippen MR) is 62.4 cm³/mol. The van der Waals surface area contributed by atoms with Crippen LogP contribution in [0.2, 0.25) is 0 Å². The summed E-state index contributed by atoms with van der Waals surface area (Å²) in [4.78, 5) is 10.9. The normalized spacial score (nSPS) is 12.8. The van der Waals surface area contributed by atoms with Crippen molar-refractivity contribution in [1.29, 1.82) is 0 Å². The molecule has 0 fully saturated rings. The third kappa shape index (κ3) is 3.55. The lowest BCUT2D eigenvalue weighted by molar-refractivity contribution is -0.111. The van der Waals surface area contributed by atoms with Gasteiger partial charge in [0.05, 0.1) is 5.71 Å². The van der Waals surface area contributed by atoms with E-state index in [1.807, 2.05) is 0 Å². The Labute approximate surface area is 97.9 Å². The van der Waals surface area contributed by atoms with Crippen LogP contribution in [0.3, 0.4) is 0 Å². The molecule has 5 heteroatoms. The van der Waals surface area contributed by atoms with Gasteiger partial charge in [-0.3, -0.25) is 4.79 Å². The zero-order valence-corrected chi connectivity index (χ0v) is 9.79. The van der Waals surface area contributed by atoms with E-state index in [-0.39, 0.29) is 22.8 Å². The number of Topliss-reactive ketones (excluding diaryl/α,β-unsaturated/α-hetero) is 1. The number of rotatable bonds is 3. The van der Waals surface area contributed by atoms with Crippen LogP contribution in [0.4, 0.5) is 8.78 Å². The molecule has 0 aliphatic carbocycles. The Morgan fingerprint density at radius 1 is 1.12 bits per heavy atom. The SMILES string of the molecule is CC(=O)/C(C)=N/N=C(\C)c1ccc(F)cc1F. The molecule has 0 aromatic heterocycles. The fourth-order valence-electron chi connectivity index (χ4n) is 1.06. The van der Waals surface area contributed by atoms with Gasteiger partial charge in [-0.25, -0.2) is 8.78 Å². The Hall–Kier alpha value is -1.91. The van der Waals surface area contributed by atoms with Crippen LogP contribution in [0.5, 0.6) is 0 Å². The van der Waals surface area contributed by atoms with Crippen molar-refractivity contribution in [2.24, 2.45) is 10.2 Å². The summed E-state index contributed by atoms with van der Waals surface area (Å²) < 4.78 is 26.0. The van der Waals surface area contributed by atoms with Crippen molar-refractivity contribution in [3.05, 3.63) is 35.4 Å². The molecular weight excluding hydrogens is 226 g/mol. The first-order valence-electron chi connectivity index (χ1n) is 4.97. The molecule has 0 unspecified atom stereocenters. The minimum atomic E-state index is -0.707. The molecule has 3 nitrogen and oxygen atoms in total. The highest BCUT2D eigenvalue weighted by molar-refractivity contribution is 6.38. The Bertz CT molecular complexity index is 507.